The van der Waals surface area contributed by atoms with Crippen LogP contribution in [0.5, 0.6) is 0 Å². The number of rotatable bonds is 3. The number of nitrogens with two attached hydrogens (primary N) is 1. The van der Waals surface area contributed by atoms with Crippen molar-refractivity contribution in [2.24, 2.45) is 11.3 Å². The minimum absolute atomic E-state index is 0.237. The Morgan fingerprint density at radius 1 is 1.39 bits per heavy atom. The Morgan fingerprint density at radius 2 is 2.11 bits per heavy atom. The van der Waals surface area contributed by atoms with Gasteiger partial charge in [0.15, 0.2) is 11.5 Å². The maximum atomic E-state index is 5.66. The van der Waals surface area contributed by atoms with Crippen molar-refractivity contribution in [3.63, 3.8) is 0 Å². The first kappa shape index (κ1) is 12.6. The van der Waals surface area contributed by atoms with Gasteiger partial charge in [0, 0.05) is 6.54 Å². The zero-order valence-corrected chi connectivity index (χ0v) is 11.3. The van der Waals surface area contributed by atoms with Crippen LogP contribution in [0.2, 0.25) is 0 Å². The third-order valence-electron chi connectivity index (χ3n) is 3.36. The van der Waals surface area contributed by atoms with Crippen molar-refractivity contribution < 1.29 is 0 Å². The zero-order chi connectivity index (χ0) is 13.3. The highest BCUT2D eigenvalue weighted by Gasteiger charge is 2.20. The van der Waals surface area contributed by atoms with Crippen LogP contribution < -0.4 is 11.1 Å². The molecule has 0 radical (unpaired) electrons. The van der Waals surface area contributed by atoms with E-state index in [4.69, 9.17) is 5.73 Å². The van der Waals surface area contributed by atoms with Crippen molar-refractivity contribution in [1.82, 2.24) is 19.9 Å². The van der Waals surface area contributed by atoms with Crippen molar-refractivity contribution >= 4 is 22.9 Å². The lowest BCUT2D eigenvalue weighted by Gasteiger charge is -2.27. The van der Waals surface area contributed by atoms with Crippen molar-refractivity contribution in [3.8, 4) is 0 Å². The molecule has 0 bridgehead atoms. The molecule has 0 aromatic carbocycles. The molecule has 0 amide bonds. The quantitative estimate of drug-likeness (QED) is 0.773. The fraction of sp³-hybridized carbons (Fsp3) is 0.583. The summed E-state index contributed by atoms with van der Waals surface area (Å²) in [6.07, 6.45) is 1.59. The van der Waals surface area contributed by atoms with Crippen molar-refractivity contribution in [3.05, 3.63) is 6.33 Å². The number of fused-ring (bicyclic) bond motifs is 1. The Bertz CT molecular complexity index is 539. The van der Waals surface area contributed by atoms with Crippen LogP contribution >= 0.6 is 0 Å². The Balaban J connectivity index is 2.19. The van der Waals surface area contributed by atoms with Crippen molar-refractivity contribution in [2.45, 2.75) is 27.7 Å². The summed E-state index contributed by atoms with van der Waals surface area (Å²) in [4.78, 5) is 15.4. The lowest BCUT2D eigenvalue weighted by Crippen LogP contribution is -2.25. The van der Waals surface area contributed by atoms with Crippen LogP contribution in [0.15, 0.2) is 6.33 Å². The molecule has 6 heteroatoms. The van der Waals surface area contributed by atoms with Gasteiger partial charge in [-0.15, -0.1) is 0 Å². The number of nitrogens with one attached hydrogen (secondary N) is 2. The molecule has 2 aromatic heterocycles. The number of hydrogen-bond donors (Lipinski definition) is 3. The number of aromatic amines is 1. The molecule has 0 spiro atoms. The van der Waals surface area contributed by atoms with Gasteiger partial charge in [0.25, 0.3) is 0 Å². The number of hydrogen-bond acceptors (Lipinski definition) is 5. The Labute approximate surface area is 106 Å². The third-order valence-corrected chi connectivity index (χ3v) is 3.36. The molecule has 1 unspecified atom stereocenters. The smallest absolute Gasteiger partial charge is 0.224 e. The topological polar surface area (TPSA) is 92.5 Å². The first-order valence-corrected chi connectivity index (χ1v) is 6.08. The Morgan fingerprint density at radius 3 is 2.78 bits per heavy atom. The summed E-state index contributed by atoms with van der Waals surface area (Å²) < 4.78 is 0. The lowest BCUT2D eigenvalue weighted by molar-refractivity contribution is 0.274. The van der Waals surface area contributed by atoms with Crippen molar-refractivity contribution in [1.29, 1.82) is 0 Å². The van der Waals surface area contributed by atoms with Crippen LogP contribution in [0, 0.1) is 11.3 Å². The molecule has 0 aliphatic heterocycles. The largest absolute Gasteiger partial charge is 0.368 e. The van der Waals surface area contributed by atoms with Gasteiger partial charge in [-0.05, 0) is 11.3 Å². The van der Waals surface area contributed by atoms with E-state index in [2.05, 4.69) is 52.9 Å². The molecule has 6 nitrogen and oxygen atoms in total. The van der Waals surface area contributed by atoms with Gasteiger partial charge in [0.05, 0.1) is 6.33 Å². The summed E-state index contributed by atoms with van der Waals surface area (Å²) >= 11 is 0. The van der Waals surface area contributed by atoms with E-state index in [1.807, 2.05) is 0 Å². The number of nitrogens with zero attached hydrogens (tertiary/aromatic N) is 3. The maximum Gasteiger partial charge on any atom is 0.224 e. The highest BCUT2D eigenvalue weighted by atomic mass is 15.1. The van der Waals surface area contributed by atoms with Gasteiger partial charge in [-0.3, -0.25) is 0 Å². The maximum absolute atomic E-state index is 5.66. The van der Waals surface area contributed by atoms with Gasteiger partial charge in [-0.25, -0.2) is 4.98 Å². The Kier molecular flexibility index (Phi) is 3.11. The number of aromatic nitrogens is 4. The van der Waals surface area contributed by atoms with Gasteiger partial charge >= 0.3 is 0 Å². The number of nitrogen functional groups attached to an aromatic ring is 1. The normalized spacial score (nSPS) is 13.8. The number of imidazole rings is 1. The second-order valence-corrected chi connectivity index (χ2v) is 5.68. The third kappa shape index (κ3) is 2.52. The molecular weight excluding hydrogens is 228 g/mol. The van der Waals surface area contributed by atoms with E-state index in [1.165, 1.54) is 0 Å². The van der Waals surface area contributed by atoms with Crippen LogP contribution in [-0.4, -0.2) is 26.5 Å². The molecule has 0 saturated heterocycles. The van der Waals surface area contributed by atoms with Gasteiger partial charge < -0.3 is 16.0 Å². The van der Waals surface area contributed by atoms with E-state index in [1.54, 1.807) is 6.33 Å². The molecule has 98 valence electrons. The molecular formula is C12H20N6. The minimum Gasteiger partial charge on any atom is -0.368 e. The fourth-order valence-corrected chi connectivity index (χ4v) is 1.53. The molecule has 4 N–H and O–H groups in total. The van der Waals surface area contributed by atoms with E-state index in [9.17, 15) is 0 Å². The van der Waals surface area contributed by atoms with E-state index >= 15 is 0 Å². The minimum atomic E-state index is 0.237. The number of H-pyrrole nitrogens is 1. The second kappa shape index (κ2) is 4.44. The van der Waals surface area contributed by atoms with Crippen LogP contribution in [0.25, 0.3) is 11.2 Å². The molecule has 2 aromatic rings. The lowest BCUT2D eigenvalue weighted by atomic mass is 9.82. The van der Waals surface area contributed by atoms with Gasteiger partial charge in [-0.1, -0.05) is 27.7 Å². The Hall–Kier alpha value is -1.85. The van der Waals surface area contributed by atoms with E-state index < -0.39 is 0 Å². The van der Waals surface area contributed by atoms with Gasteiger partial charge in [0.2, 0.25) is 5.95 Å². The van der Waals surface area contributed by atoms with Crippen molar-refractivity contribution in [2.75, 3.05) is 17.6 Å². The standard InChI is InChI=1S/C12H20N6/c1-7(12(2,3)4)5-14-9-8-10(16-6-15-8)18-11(13)17-9/h6-7H,5H2,1-4H3,(H4,13,14,15,16,17,18). The van der Waals surface area contributed by atoms with E-state index in [-0.39, 0.29) is 11.4 Å². The molecule has 0 aliphatic rings. The molecule has 0 fully saturated rings. The summed E-state index contributed by atoms with van der Waals surface area (Å²) in [5.74, 6) is 1.46. The van der Waals surface area contributed by atoms with E-state index in [0.29, 0.717) is 17.4 Å². The fourth-order valence-electron chi connectivity index (χ4n) is 1.53. The molecule has 18 heavy (non-hydrogen) atoms. The van der Waals surface area contributed by atoms with Crippen LogP contribution in [0.3, 0.4) is 0 Å². The first-order chi connectivity index (χ1) is 8.38. The van der Waals surface area contributed by atoms with Gasteiger partial charge in [-0.2, -0.15) is 9.97 Å². The van der Waals surface area contributed by atoms with Gasteiger partial charge in [0.1, 0.15) is 5.52 Å². The molecule has 1 atom stereocenters. The monoisotopic (exact) mass is 248 g/mol. The highest BCUT2D eigenvalue weighted by molar-refractivity contribution is 5.83. The summed E-state index contributed by atoms with van der Waals surface area (Å²) in [5, 5.41) is 3.32. The molecule has 0 aliphatic carbocycles. The summed E-state index contributed by atoms with van der Waals surface area (Å²) in [6.45, 7) is 9.70. The molecule has 2 heterocycles. The molecule has 0 saturated carbocycles. The number of anilines is 2. The summed E-state index contributed by atoms with van der Waals surface area (Å²) in [7, 11) is 0. The van der Waals surface area contributed by atoms with Crippen LogP contribution in [0.4, 0.5) is 11.8 Å². The highest BCUT2D eigenvalue weighted by Crippen LogP contribution is 2.26. The van der Waals surface area contributed by atoms with Crippen LogP contribution in [0.1, 0.15) is 27.7 Å². The van der Waals surface area contributed by atoms with E-state index in [0.717, 1.165) is 12.1 Å². The summed E-state index contributed by atoms with van der Waals surface area (Å²) in [5.41, 5.74) is 7.30. The average molecular weight is 248 g/mol. The SMILES string of the molecule is CC(CNc1nc(N)nc2nc[nH]c12)C(C)(C)C. The average Bonchev–Trinajstić information content (AvgIpc) is 2.71. The summed E-state index contributed by atoms with van der Waals surface area (Å²) in [6, 6.07) is 0. The van der Waals surface area contributed by atoms with Crippen LogP contribution in [-0.2, 0) is 0 Å². The predicted molar refractivity (Wildman–Crippen MR) is 73.2 cm³/mol. The predicted octanol–water partition coefficient (Wildman–Crippen LogP) is 2.03. The molecule has 2 rings (SSSR count). The zero-order valence-electron chi connectivity index (χ0n) is 11.3. The second-order valence-electron chi connectivity index (χ2n) is 5.68. The first-order valence-electron chi connectivity index (χ1n) is 6.08.